The molecule has 2 fully saturated rings. The van der Waals surface area contributed by atoms with Crippen LogP contribution in [-0.2, 0) is 9.59 Å². The summed E-state index contributed by atoms with van der Waals surface area (Å²) < 4.78 is 0. The van der Waals surface area contributed by atoms with Crippen molar-refractivity contribution < 1.29 is 14.4 Å². The van der Waals surface area contributed by atoms with Gasteiger partial charge in [-0.2, -0.15) is 0 Å². The zero-order valence-electron chi connectivity index (χ0n) is 13.2. The molecule has 2 aliphatic rings. The van der Waals surface area contributed by atoms with E-state index in [1.807, 2.05) is 6.07 Å². The number of barbiturate groups is 1. The number of rotatable bonds is 3. The Morgan fingerprint density at radius 2 is 1.61 bits per heavy atom. The number of benzene rings is 1. The summed E-state index contributed by atoms with van der Waals surface area (Å²) >= 11 is 0. The predicted molar refractivity (Wildman–Crippen MR) is 86.8 cm³/mol. The van der Waals surface area contributed by atoms with Gasteiger partial charge in [0.05, 0.1) is 5.69 Å². The molecule has 1 unspecified atom stereocenters. The molecule has 122 valence electrons. The van der Waals surface area contributed by atoms with E-state index in [2.05, 4.69) is 5.32 Å². The highest BCUT2D eigenvalue weighted by atomic mass is 16.2. The van der Waals surface area contributed by atoms with Gasteiger partial charge in [-0.15, -0.1) is 0 Å². The monoisotopic (exact) mass is 314 g/mol. The van der Waals surface area contributed by atoms with Crippen LogP contribution in [0.1, 0.15) is 44.9 Å². The number of carbonyl (C=O) groups is 3. The second kappa shape index (κ2) is 6.94. The summed E-state index contributed by atoms with van der Waals surface area (Å²) in [6, 6.07) is 8.12. The molecule has 1 atom stereocenters. The van der Waals surface area contributed by atoms with Crippen molar-refractivity contribution >= 4 is 23.5 Å². The van der Waals surface area contributed by atoms with E-state index in [0.29, 0.717) is 18.0 Å². The summed E-state index contributed by atoms with van der Waals surface area (Å²) in [4.78, 5) is 38.1. The highest BCUT2D eigenvalue weighted by molar-refractivity contribution is 6.27. The van der Waals surface area contributed by atoms with Crippen LogP contribution in [0.3, 0.4) is 0 Å². The van der Waals surface area contributed by atoms with Crippen molar-refractivity contribution in [2.75, 3.05) is 4.90 Å². The molecule has 1 aromatic carbocycles. The maximum atomic E-state index is 12.8. The molecule has 1 saturated carbocycles. The number of urea groups is 1. The van der Waals surface area contributed by atoms with Gasteiger partial charge in [0.1, 0.15) is 5.92 Å². The zero-order valence-corrected chi connectivity index (χ0v) is 13.2. The summed E-state index contributed by atoms with van der Waals surface area (Å²) in [5.74, 6) is -1.20. The van der Waals surface area contributed by atoms with Gasteiger partial charge in [-0.3, -0.25) is 14.9 Å². The predicted octanol–water partition coefficient (Wildman–Crippen LogP) is 3.25. The molecular formula is C18H22N2O3. The molecule has 1 N–H and O–H groups in total. The van der Waals surface area contributed by atoms with Gasteiger partial charge in [0, 0.05) is 0 Å². The van der Waals surface area contributed by atoms with E-state index in [-0.39, 0.29) is 0 Å². The normalized spacial score (nSPS) is 23.6. The molecular weight excluding hydrogens is 292 g/mol. The summed E-state index contributed by atoms with van der Waals surface area (Å²) in [7, 11) is 0. The molecule has 1 aliphatic heterocycles. The lowest BCUT2D eigenvalue weighted by molar-refractivity contribution is -0.135. The largest absolute Gasteiger partial charge is 0.335 e. The average molecular weight is 314 g/mol. The van der Waals surface area contributed by atoms with Gasteiger partial charge in [0.2, 0.25) is 11.8 Å². The number of nitrogens with one attached hydrogen (secondary N) is 1. The van der Waals surface area contributed by atoms with Crippen LogP contribution in [0.4, 0.5) is 10.5 Å². The third-order valence-electron chi connectivity index (χ3n) is 4.83. The SMILES string of the molecule is O=C1NC(=O)N(c2ccccc2)C(=O)C1CC1CCCCCC1. The summed E-state index contributed by atoms with van der Waals surface area (Å²) in [6.45, 7) is 0. The van der Waals surface area contributed by atoms with Crippen LogP contribution in [0.15, 0.2) is 30.3 Å². The lowest BCUT2D eigenvalue weighted by Gasteiger charge is -2.31. The van der Waals surface area contributed by atoms with Crippen molar-refractivity contribution in [2.45, 2.75) is 44.9 Å². The number of hydrogen-bond acceptors (Lipinski definition) is 3. The van der Waals surface area contributed by atoms with Crippen LogP contribution < -0.4 is 10.2 Å². The van der Waals surface area contributed by atoms with Crippen LogP contribution in [0.25, 0.3) is 0 Å². The fraction of sp³-hybridized carbons (Fsp3) is 0.500. The van der Waals surface area contributed by atoms with Gasteiger partial charge >= 0.3 is 6.03 Å². The zero-order chi connectivity index (χ0) is 16.2. The molecule has 1 heterocycles. The van der Waals surface area contributed by atoms with Crippen molar-refractivity contribution in [1.82, 2.24) is 5.32 Å². The second-order valence-electron chi connectivity index (χ2n) is 6.45. The molecule has 1 saturated heterocycles. The molecule has 0 radical (unpaired) electrons. The Morgan fingerprint density at radius 1 is 0.957 bits per heavy atom. The number of carbonyl (C=O) groups excluding carboxylic acids is 3. The quantitative estimate of drug-likeness (QED) is 0.688. The van der Waals surface area contributed by atoms with E-state index in [4.69, 9.17) is 0 Å². The van der Waals surface area contributed by atoms with Crippen LogP contribution >= 0.6 is 0 Å². The number of para-hydroxylation sites is 1. The van der Waals surface area contributed by atoms with Gasteiger partial charge in [-0.25, -0.2) is 9.69 Å². The first-order valence-electron chi connectivity index (χ1n) is 8.40. The van der Waals surface area contributed by atoms with E-state index < -0.39 is 23.8 Å². The minimum absolute atomic E-state index is 0.392. The smallest absolute Gasteiger partial charge is 0.277 e. The Kier molecular flexibility index (Phi) is 4.74. The highest BCUT2D eigenvalue weighted by Crippen LogP contribution is 2.31. The summed E-state index contributed by atoms with van der Waals surface area (Å²) in [6.07, 6.45) is 7.46. The number of anilines is 1. The fourth-order valence-corrected chi connectivity index (χ4v) is 3.58. The minimum atomic E-state index is -0.754. The third kappa shape index (κ3) is 3.44. The number of hydrogen-bond donors (Lipinski definition) is 1. The van der Waals surface area contributed by atoms with Gasteiger partial charge in [0.15, 0.2) is 0 Å². The van der Waals surface area contributed by atoms with Gasteiger partial charge in [0.25, 0.3) is 0 Å². The molecule has 1 aromatic rings. The minimum Gasteiger partial charge on any atom is -0.277 e. The van der Waals surface area contributed by atoms with E-state index in [1.54, 1.807) is 24.3 Å². The van der Waals surface area contributed by atoms with Crippen molar-refractivity contribution in [1.29, 1.82) is 0 Å². The van der Waals surface area contributed by atoms with E-state index in [9.17, 15) is 14.4 Å². The number of nitrogens with zero attached hydrogens (tertiary/aromatic N) is 1. The lowest BCUT2D eigenvalue weighted by atomic mass is 9.87. The van der Waals surface area contributed by atoms with Crippen LogP contribution in [0.5, 0.6) is 0 Å². The number of imide groups is 2. The first-order valence-corrected chi connectivity index (χ1v) is 8.40. The Labute approximate surface area is 136 Å². The van der Waals surface area contributed by atoms with Crippen molar-refractivity contribution in [2.24, 2.45) is 11.8 Å². The van der Waals surface area contributed by atoms with Gasteiger partial charge in [-0.05, 0) is 24.5 Å². The van der Waals surface area contributed by atoms with Crippen molar-refractivity contribution in [3.8, 4) is 0 Å². The highest BCUT2D eigenvalue weighted by Gasteiger charge is 2.42. The molecule has 0 bridgehead atoms. The molecule has 0 spiro atoms. The maximum absolute atomic E-state index is 12.8. The van der Waals surface area contributed by atoms with Crippen LogP contribution in [0, 0.1) is 11.8 Å². The second-order valence-corrected chi connectivity index (χ2v) is 6.45. The van der Waals surface area contributed by atoms with Gasteiger partial charge < -0.3 is 0 Å². The molecule has 5 heteroatoms. The third-order valence-corrected chi connectivity index (χ3v) is 4.83. The van der Waals surface area contributed by atoms with Crippen LogP contribution in [-0.4, -0.2) is 17.8 Å². The average Bonchev–Trinajstić information content (AvgIpc) is 2.81. The van der Waals surface area contributed by atoms with Crippen molar-refractivity contribution in [3.63, 3.8) is 0 Å². The summed E-state index contributed by atoms with van der Waals surface area (Å²) in [5, 5.41) is 2.34. The first kappa shape index (κ1) is 15.7. The molecule has 4 amide bonds. The maximum Gasteiger partial charge on any atom is 0.335 e. The first-order chi connectivity index (χ1) is 11.2. The summed E-state index contributed by atoms with van der Waals surface area (Å²) in [5.41, 5.74) is 0.508. The topological polar surface area (TPSA) is 66.5 Å². The van der Waals surface area contributed by atoms with E-state index in [1.165, 1.54) is 12.8 Å². The molecule has 23 heavy (non-hydrogen) atoms. The fourth-order valence-electron chi connectivity index (χ4n) is 3.58. The molecule has 0 aromatic heterocycles. The lowest BCUT2D eigenvalue weighted by Crippen LogP contribution is -2.58. The Balaban J connectivity index is 1.78. The Hall–Kier alpha value is -2.17. The van der Waals surface area contributed by atoms with Crippen molar-refractivity contribution in [3.05, 3.63) is 30.3 Å². The Bertz CT molecular complexity index is 592. The van der Waals surface area contributed by atoms with E-state index >= 15 is 0 Å². The molecule has 1 aliphatic carbocycles. The van der Waals surface area contributed by atoms with E-state index in [0.717, 1.165) is 30.6 Å². The standard InChI is InChI=1S/C18H22N2O3/c21-16-15(12-13-8-4-1-2-5-9-13)17(22)20(18(23)19-16)14-10-6-3-7-11-14/h3,6-7,10-11,13,15H,1-2,4-5,8-9,12H2,(H,19,21,23). The molecule has 5 nitrogen and oxygen atoms in total. The molecule has 3 rings (SSSR count). The number of amides is 4. The van der Waals surface area contributed by atoms with Gasteiger partial charge in [-0.1, -0.05) is 56.7 Å². The Morgan fingerprint density at radius 3 is 2.26 bits per heavy atom. The van der Waals surface area contributed by atoms with Crippen LogP contribution in [0.2, 0.25) is 0 Å².